The second kappa shape index (κ2) is 4.66. The maximum Gasteiger partial charge on any atom is 0.322 e. The maximum absolute atomic E-state index is 11.8. The molecule has 0 saturated carbocycles. The molecule has 2 amide bonds. The average molecular weight is 246 g/mol. The number of aromatic nitrogens is 2. The molecule has 0 unspecified atom stereocenters. The maximum atomic E-state index is 11.8. The fourth-order valence-electron chi connectivity index (χ4n) is 1.33. The van der Waals surface area contributed by atoms with Gasteiger partial charge in [-0.1, -0.05) is 22.8 Å². The number of nitrogens with zero attached hydrogens (tertiary/aromatic N) is 2. The van der Waals surface area contributed by atoms with E-state index < -0.39 is 11.8 Å². The molecule has 0 aliphatic rings. The Labute approximate surface area is 102 Å². The van der Waals surface area contributed by atoms with E-state index >= 15 is 0 Å². The molecule has 0 aliphatic heterocycles. The summed E-state index contributed by atoms with van der Waals surface area (Å²) in [5, 5.41) is 9.22. The number of rotatable bonds is 3. The third-order valence-corrected chi connectivity index (χ3v) is 2.14. The fourth-order valence-corrected chi connectivity index (χ4v) is 1.33. The van der Waals surface area contributed by atoms with Gasteiger partial charge in [0, 0.05) is 5.56 Å². The molecule has 0 aliphatic carbocycles. The zero-order valence-electron chi connectivity index (χ0n) is 9.51. The summed E-state index contributed by atoms with van der Waals surface area (Å²) in [6.45, 7) is 1.87. The number of aryl methyl sites for hydroxylation is 1. The van der Waals surface area contributed by atoms with Crippen LogP contribution >= 0.6 is 0 Å². The van der Waals surface area contributed by atoms with E-state index in [1.807, 2.05) is 13.0 Å². The van der Waals surface area contributed by atoms with E-state index in [0.29, 0.717) is 5.56 Å². The van der Waals surface area contributed by atoms with Crippen LogP contribution in [0.5, 0.6) is 0 Å². The van der Waals surface area contributed by atoms with Gasteiger partial charge in [-0.2, -0.15) is 0 Å². The minimum atomic E-state index is -0.849. The average Bonchev–Trinajstić information content (AvgIpc) is 2.77. The summed E-state index contributed by atoms with van der Waals surface area (Å²) in [5.74, 6) is -1.61. The van der Waals surface area contributed by atoms with Crippen molar-refractivity contribution in [2.45, 2.75) is 6.92 Å². The van der Waals surface area contributed by atoms with Crippen LogP contribution in [0.3, 0.4) is 0 Å². The highest BCUT2D eigenvalue weighted by atomic mass is 16.4. The van der Waals surface area contributed by atoms with Crippen molar-refractivity contribution in [1.29, 1.82) is 0 Å². The topological polar surface area (TPSA) is 111 Å². The van der Waals surface area contributed by atoms with Crippen LogP contribution < -0.4 is 11.1 Å². The van der Waals surface area contributed by atoms with Gasteiger partial charge >= 0.3 is 17.8 Å². The van der Waals surface area contributed by atoms with E-state index in [0.717, 1.165) is 5.56 Å². The quantitative estimate of drug-likeness (QED) is 0.829. The van der Waals surface area contributed by atoms with Crippen molar-refractivity contribution in [2.24, 2.45) is 5.73 Å². The Bertz CT molecular complexity index is 606. The van der Waals surface area contributed by atoms with Crippen LogP contribution in [0.4, 0.5) is 6.01 Å². The number of nitrogens with two attached hydrogens (primary N) is 1. The van der Waals surface area contributed by atoms with Crippen LogP contribution in [0, 0.1) is 6.92 Å². The van der Waals surface area contributed by atoms with Crippen molar-refractivity contribution in [1.82, 2.24) is 10.2 Å². The molecule has 7 nitrogen and oxygen atoms in total. The number of anilines is 1. The standard InChI is InChI=1S/C11H10N4O3/c1-6-3-2-4-7(5-6)9(17)13-11-15-14-10(18-11)8(12)16/h2-5H,1H3,(H2,12,16)(H,13,15,17). The summed E-state index contributed by atoms with van der Waals surface area (Å²) in [6.07, 6.45) is 0. The Morgan fingerprint density at radius 3 is 2.72 bits per heavy atom. The van der Waals surface area contributed by atoms with Crippen LogP contribution in [0.1, 0.15) is 26.6 Å². The summed E-state index contributed by atoms with van der Waals surface area (Å²) in [6, 6.07) is 6.81. The van der Waals surface area contributed by atoms with Gasteiger partial charge in [0.05, 0.1) is 0 Å². The summed E-state index contributed by atoms with van der Waals surface area (Å²) >= 11 is 0. The number of nitrogens with one attached hydrogen (secondary N) is 1. The number of hydrogen-bond donors (Lipinski definition) is 2. The molecule has 1 aromatic carbocycles. The summed E-state index contributed by atoms with van der Waals surface area (Å²) < 4.78 is 4.84. The van der Waals surface area contributed by atoms with Gasteiger partial charge in [-0.05, 0) is 19.1 Å². The lowest BCUT2D eigenvalue weighted by molar-refractivity contribution is 0.0963. The Morgan fingerprint density at radius 2 is 2.11 bits per heavy atom. The minimum absolute atomic E-state index is 0.171. The van der Waals surface area contributed by atoms with Gasteiger partial charge < -0.3 is 10.2 Å². The second-order valence-corrected chi connectivity index (χ2v) is 3.60. The summed E-state index contributed by atoms with van der Waals surface area (Å²) in [7, 11) is 0. The van der Waals surface area contributed by atoms with E-state index in [1.54, 1.807) is 18.2 Å². The molecular formula is C11H10N4O3. The van der Waals surface area contributed by atoms with Crippen molar-refractivity contribution in [3.05, 3.63) is 41.3 Å². The second-order valence-electron chi connectivity index (χ2n) is 3.60. The van der Waals surface area contributed by atoms with Crippen molar-refractivity contribution < 1.29 is 14.0 Å². The van der Waals surface area contributed by atoms with E-state index in [1.165, 1.54) is 0 Å². The highest BCUT2D eigenvalue weighted by Crippen LogP contribution is 2.09. The molecule has 18 heavy (non-hydrogen) atoms. The van der Waals surface area contributed by atoms with Gasteiger partial charge in [0.25, 0.3) is 5.91 Å². The Balaban J connectivity index is 2.13. The third kappa shape index (κ3) is 2.51. The van der Waals surface area contributed by atoms with E-state index in [9.17, 15) is 9.59 Å². The minimum Gasteiger partial charge on any atom is -0.399 e. The molecule has 1 heterocycles. The highest BCUT2D eigenvalue weighted by molar-refractivity contribution is 6.03. The highest BCUT2D eigenvalue weighted by Gasteiger charge is 2.14. The van der Waals surface area contributed by atoms with Gasteiger partial charge in [-0.25, -0.2) is 0 Å². The zero-order valence-corrected chi connectivity index (χ0v) is 9.51. The molecule has 0 atom stereocenters. The Morgan fingerprint density at radius 1 is 1.33 bits per heavy atom. The molecule has 0 bridgehead atoms. The van der Waals surface area contributed by atoms with Crippen molar-refractivity contribution in [3.63, 3.8) is 0 Å². The number of primary amides is 1. The van der Waals surface area contributed by atoms with Crippen molar-refractivity contribution in [2.75, 3.05) is 5.32 Å². The summed E-state index contributed by atoms with van der Waals surface area (Å²) in [5.41, 5.74) is 6.34. The van der Waals surface area contributed by atoms with Crippen molar-refractivity contribution in [3.8, 4) is 0 Å². The van der Waals surface area contributed by atoms with Crippen LogP contribution in [0.25, 0.3) is 0 Å². The van der Waals surface area contributed by atoms with Crippen LogP contribution in [-0.2, 0) is 0 Å². The Hall–Kier alpha value is -2.70. The molecule has 2 aromatic rings. The lowest BCUT2D eigenvalue weighted by Gasteiger charge is -2.01. The van der Waals surface area contributed by atoms with Crippen LogP contribution in [-0.4, -0.2) is 22.0 Å². The van der Waals surface area contributed by atoms with E-state index in [4.69, 9.17) is 10.2 Å². The molecule has 0 fully saturated rings. The largest absolute Gasteiger partial charge is 0.399 e. The normalized spacial score (nSPS) is 10.1. The molecular weight excluding hydrogens is 236 g/mol. The number of carbonyl (C=O) groups is 2. The third-order valence-electron chi connectivity index (χ3n) is 2.14. The predicted octanol–water partition coefficient (Wildman–Crippen LogP) is 0.729. The molecule has 0 spiro atoms. The number of amides is 2. The first-order valence-corrected chi connectivity index (χ1v) is 5.07. The van der Waals surface area contributed by atoms with Crippen molar-refractivity contribution >= 4 is 17.8 Å². The molecule has 2 rings (SSSR count). The molecule has 0 saturated heterocycles. The predicted molar refractivity (Wildman–Crippen MR) is 61.9 cm³/mol. The van der Waals surface area contributed by atoms with Crippen LogP contribution in [0.15, 0.2) is 28.7 Å². The van der Waals surface area contributed by atoms with E-state index in [-0.39, 0.29) is 11.9 Å². The first kappa shape index (κ1) is 11.8. The van der Waals surface area contributed by atoms with Gasteiger partial charge in [0.1, 0.15) is 0 Å². The van der Waals surface area contributed by atoms with E-state index in [2.05, 4.69) is 15.5 Å². The molecule has 0 radical (unpaired) electrons. The number of hydrogen-bond acceptors (Lipinski definition) is 5. The monoisotopic (exact) mass is 246 g/mol. The number of benzene rings is 1. The first-order valence-electron chi connectivity index (χ1n) is 5.07. The molecule has 1 aromatic heterocycles. The smallest absolute Gasteiger partial charge is 0.322 e. The summed E-state index contributed by atoms with van der Waals surface area (Å²) in [4.78, 5) is 22.5. The molecule has 92 valence electrons. The lowest BCUT2D eigenvalue weighted by atomic mass is 10.1. The zero-order chi connectivity index (χ0) is 13.1. The first-order chi connectivity index (χ1) is 8.56. The van der Waals surface area contributed by atoms with Gasteiger partial charge in [-0.15, -0.1) is 5.10 Å². The fraction of sp³-hybridized carbons (Fsp3) is 0.0909. The SMILES string of the molecule is Cc1cccc(C(=O)Nc2nnc(C(N)=O)o2)c1. The number of carbonyl (C=O) groups excluding carboxylic acids is 2. The molecule has 7 heteroatoms. The van der Waals surface area contributed by atoms with Gasteiger partial charge in [-0.3, -0.25) is 14.9 Å². The lowest BCUT2D eigenvalue weighted by Crippen LogP contribution is -2.12. The molecule has 3 N–H and O–H groups in total. The van der Waals surface area contributed by atoms with Gasteiger partial charge in [0.15, 0.2) is 0 Å². The Kier molecular flexibility index (Phi) is 3.05. The van der Waals surface area contributed by atoms with Crippen LogP contribution in [0.2, 0.25) is 0 Å². The van der Waals surface area contributed by atoms with Gasteiger partial charge in [0.2, 0.25) is 0 Å².